The molecule has 0 fully saturated rings. The zero-order valence-corrected chi connectivity index (χ0v) is 7.15. The van der Waals surface area contributed by atoms with Crippen molar-refractivity contribution in [2.24, 2.45) is 12.2 Å². The molecule has 1 heterocycles. The maximum absolute atomic E-state index is 12.1. The molecular weight excluding hydrogens is 199 g/mol. The second-order valence-electron chi connectivity index (χ2n) is 2.53. The fourth-order valence-electron chi connectivity index (χ4n) is 0.897. The number of hydrogen-bond acceptors (Lipinski definition) is 2. The highest BCUT2D eigenvalue weighted by Gasteiger charge is 2.34. The number of alkyl halides is 3. The smallest absolute Gasteiger partial charge is 0.272 e. The van der Waals surface area contributed by atoms with Gasteiger partial charge in [-0.15, -0.1) is 0 Å². The molecule has 14 heavy (non-hydrogen) atoms. The summed E-state index contributed by atoms with van der Waals surface area (Å²) in [5, 5.41) is 6.39. The third-order valence-corrected chi connectivity index (χ3v) is 1.56. The van der Waals surface area contributed by atoms with Gasteiger partial charge >= 0.3 is 6.18 Å². The standard InChI is InChI=1S/C6H6F3N5/c1-14-4(3-11-13-10)2-5(12-14)6(7,8)9/h2H,3H2,1H3. The number of hydrogen-bond donors (Lipinski definition) is 0. The minimum atomic E-state index is -4.47. The summed E-state index contributed by atoms with van der Waals surface area (Å²) < 4.78 is 37.4. The molecule has 0 N–H and O–H groups in total. The molecule has 1 rings (SSSR count). The Morgan fingerprint density at radius 1 is 1.64 bits per heavy atom. The van der Waals surface area contributed by atoms with Crippen molar-refractivity contribution in [2.75, 3.05) is 0 Å². The van der Waals surface area contributed by atoms with Crippen LogP contribution in [0.1, 0.15) is 11.4 Å². The normalized spacial score (nSPS) is 11.1. The molecule has 0 radical (unpaired) electrons. The van der Waals surface area contributed by atoms with Crippen LogP contribution in [-0.4, -0.2) is 9.78 Å². The number of rotatable bonds is 2. The quantitative estimate of drug-likeness (QED) is 0.414. The molecule has 0 aliphatic rings. The molecule has 8 heteroatoms. The lowest BCUT2D eigenvalue weighted by molar-refractivity contribution is -0.141. The van der Waals surface area contributed by atoms with E-state index in [0.717, 1.165) is 10.7 Å². The predicted molar refractivity (Wildman–Crippen MR) is 41.1 cm³/mol. The van der Waals surface area contributed by atoms with Crippen LogP contribution >= 0.6 is 0 Å². The molecule has 0 spiro atoms. The van der Waals surface area contributed by atoms with Crippen molar-refractivity contribution in [2.45, 2.75) is 12.7 Å². The van der Waals surface area contributed by atoms with Crippen molar-refractivity contribution in [3.05, 3.63) is 27.9 Å². The van der Waals surface area contributed by atoms with E-state index in [9.17, 15) is 13.2 Å². The van der Waals surface area contributed by atoms with Crippen LogP contribution in [0.4, 0.5) is 13.2 Å². The Labute approximate surface area is 76.8 Å². The summed E-state index contributed by atoms with van der Waals surface area (Å²) in [5.74, 6) is 0. The van der Waals surface area contributed by atoms with Crippen LogP contribution < -0.4 is 0 Å². The minimum absolute atomic E-state index is 0.143. The number of aromatic nitrogens is 2. The van der Waals surface area contributed by atoms with Crippen LogP contribution in [0.15, 0.2) is 11.2 Å². The Hall–Kier alpha value is -1.69. The van der Waals surface area contributed by atoms with E-state index in [1.807, 2.05) is 0 Å². The van der Waals surface area contributed by atoms with Crippen molar-refractivity contribution >= 4 is 0 Å². The van der Waals surface area contributed by atoms with E-state index in [4.69, 9.17) is 5.53 Å². The zero-order chi connectivity index (χ0) is 10.8. The van der Waals surface area contributed by atoms with Crippen molar-refractivity contribution in [3.8, 4) is 0 Å². The SMILES string of the molecule is Cn1nc(C(F)(F)F)cc1CN=[N+]=[N-]. The van der Waals surface area contributed by atoms with Gasteiger partial charge in [0, 0.05) is 17.7 Å². The van der Waals surface area contributed by atoms with E-state index < -0.39 is 11.9 Å². The molecule has 0 atom stereocenters. The molecule has 5 nitrogen and oxygen atoms in total. The van der Waals surface area contributed by atoms with Crippen LogP contribution in [-0.2, 0) is 19.8 Å². The molecule has 0 unspecified atom stereocenters. The maximum atomic E-state index is 12.1. The van der Waals surface area contributed by atoms with Crippen molar-refractivity contribution in [3.63, 3.8) is 0 Å². The summed E-state index contributed by atoms with van der Waals surface area (Å²) in [6.45, 7) is -0.143. The number of azide groups is 1. The van der Waals surface area contributed by atoms with Crippen molar-refractivity contribution in [1.29, 1.82) is 0 Å². The van der Waals surface area contributed by atoms with E-state index >= 15 is 0 Å². The van der Waals surface area contributed by atoms with E-state index in [1.54, 1.807) is 0 Å². The van der Waals surface area contributed by atoms with Gasteiger partial charge in [0.05, 0.1) is 6.54 Å². The van der Waals surface area contributed by atoms with Gasteiger partial charge < -0.3 is 0 Å². The van der Waals surface area contributed by atoms with Gasteiger partial charge in [-0.3, -0.25) is 4.68 Å². The first-order valence-electron chi connectivity index (χ1n) is 3.56. The molecule has 0 aliphatic carbocycles. The fraction of sp³-hybridized carbons (Fsp3) is 0.500. The van der Waals surface area contributed by atoms with E-state index in [-0.39, 0.29) is 12.2 Å². The Bertz CT molecular complexity index is 373. The summed E-state index contributed by atoms with van der Waals surface area (Å²) in [4.78, 5) is 2.45. The Morgan fingerprint density at radius 2 is 2.29 bits per heavy atom. The summed E-state index contributed by atoms with van der Waals surface area (Å²) >= 11 is 0. The van der Waals surface area contributed by atoms with Crippen LogP contribution in [0.25, 0.3) is 10.4 Å². The molecule has 1 aromatic heterocycles. The Kier molecular flexibility index (Phi) is 2.66. The second-order valence-corrected chi connectivity index (χ2v) is 2.53. The maximum Gasteiger partial charge on any atom is 0.435 e. The monoisotopic (exact) mass is 205 g/mol. The highest BCUT2D eigenvalue weighted by Crippen LogP contribution is 2.28. The molecule has 0 aromatic carbocycles. The Morgan fingerprint density at radius 3 is 2.71 bits per heavy atom. The van der Waals surface area contributed by atoms with Gasteiger partial charge in [-0.05, 0) is 11.6 Å². The highest BCUT2D eigenvalue weighted by molar-refractivity contribution is 5.12. The molecule has 0 amide bonds. The predicted octanol–water partition coefficient (Wildman–Crippen LogP) is 2.25. The fourth-order valence-corrected chi connectivity index (χ4v) is 0.897. The Balaban J connectivity index is 2.99. The van der Waals surface area contributed by atoms with Crippen LogP contribution in [0.2, 0.25) is 0 Å². The molecule has 0 saturated carbocycles. The average molecular weight is 205 g/mol. The third kappa shape index (κ3) is 2.17. The first-order valence-corrected chi connectivity index (χ1v) is 3.56. The van der Waals surface area contributed by atoms with E-state index in [2.05, 4.69) is 15.1 Å². The molecule has 76 valence electrons. The van der Waals surface area contributed by atoms with Crippen molar-refractivity contribution < 1.29 is 13.2 Å². The second kappa shape index (κ2) is 3.59. The lowest BCUT2D eigenvalue weighted by Crippen LogP contribution is -2.06. The minimum Gasteiger partial charge on any atom is -0.272 e. The summed E-state index contributed by atoms with van der Waals surface area (Å²) in [7, 11) is 1.36. The van der Waals surface area contributed by atoms with Crippen LogP contribution in [0, 0.1) is 0 Å². The molecule has 0 aliphatic heterocycles. The zero-order valence-electron chi connectivity index (χ0n) is 7.15. The summed E-state index contributed by atoms with van der Waals surface area (Å²) in [6.07, 6.45) is -4.47. The van der Waals surface area contributed by atoms with Gasteiger partial charge in [-0.2, -0.15) is 18.3 Å². The van der Waals surface area contributed by atoms with Gasteiger partial charge in [0.1, 0.15) is 0 Å². The third-order valence-electron chi connectivity index (χ3n) is 1.56. The van der Waals surface area contributed by atoms with Gasteiger partial charge in [-0.25, -0.2) is 0 Å². The summed E-state index contributed by atoms with van der Waals surface area (Å²) in [5.41, 5.74) is 7.23. The van der Waals surface area contributed by atoms with Gasteiger partial charge in [0.15, 0.2) is 5.69 Å². The molecular formula is C6H6F3N5. The molecule has 0 saturated heterocycles. The average Bonchev–Trinajstić information content (AvgIpc) is 2.43. The van der Waals surface area contributed by atoms with E-state index in [1.165, 1.54) is 7.05 Å². The van der Waals surface area contributed by atoms with Gasteiger partial charge in [0.25, 0.3) is 0 Å². The first-order chi connectivity index (χ1) is 6.45. The number of aryl methyl sites for hydroxylation is 1. The topological polar surface area (TPSA) is 66.6 Å². The first kappa shape index (κ1) is 10.4. The highest BCUT2D eigenvalue weighted by atomic mass is 19.4. The van der Waals surface area contributed by atoms with Crippen LogP contribution in [0.3, 0.4) is 0 Å². The summed E-state index contributed by atoms with van der Waals surface area (Å²) in [6, 6.07) is 0.856. The van der Waals surface area contributed by atoms with E-state index in [0.29, 0.717) is 0 Å². The van der Waals surface area contributed by atoms with Crippen molar-refractivity contribution in [1.82, 2.24) is 9.78 Å². The largest absolute Gasteiger partial charge is 0.435 e. The molecule has 0 bridgehead atoms. The lowest BCUT2D eigenvalue weighted by atomic mass is 10.3. The van der Waals surface area contributed by atoms with Gasteiger partial charge in [0.2, 0.25) is 0 Å². The number of halogens is 3. The molecule has 1 aromatic rings. The lowest BCUT2D eigenvalue weighted by Gasteiger charge is -1.99. The van der Waals surface area contributed by atoms with Gasteiger partial charge in [-0.1, -0.05) is 5.11 Å². The van der Waals surface area contributed by atoms with Crippen LogP contribution in [0.5, 0.6) is 0 Å². The number of nitrogens with zero attached hydrogens (tertiary/aromatic N) is 5.